The molecule has 1 saturated carbocycles. The molecule has 1 unspecified atom stereocenters. The number of carbonyl (C=O) groups excluding carboxylic acids is 1. The molecular weight excluding hydrogens is 318 g/mol. The van der Waals surface area contributed by atoms with Crippen LogP contribution in [0.25, 0.3) is 0 Å². The Morgan fingerprint density at radius 1 is 1.22 bits per heavy atom. The molecule has 1 fully saturated rings. The molecule has 0 aromatic heterocycles. The van der Waals surface area contributed by atoms with E-state index >= 15 is 0 Å². The van der Waals surface area contributed by atoms with E-state index in [2.05, 4.69) is 13.8 Å². The Morgan fingerprint density at radius 2 is 1.78 bits per heavy atom. The van der Waals surface area contributed by atoms with Gasteiger partial charge in [0.05, 0.1) is 0 Å². The summed E-state index contributed by atoms with van der Waals surface area (Å²) in [5.41, 5.74) is -0.0482. The highest BCUT2D eigenvalue weighted by Gasteiger charge is 2.25. The quantitative estimate of drug-likeness (QED) is 0.568. The standard InChI is InChI=1S/C19H25ClF2O/c1-3-4-13-5-7-15(8-6-13)12(2)9-14-10-16(21)18(19(20)23)17(22)11-14/h10-13,15H,3-9H2,1-2H3. The highest BCUT2D eigenvalue weighted by molar-refractivity contribution is 6.67. The first-order valence-electron chi connectivity index (χ1n) is 8.60. The maximum atomic E-state index is 13.8. The lowest BCUT2D eigenvalue weighted by atomic mass is 9.73. The van der Waals surface area contributed by atoms with Crippen molar-refractivity contribution < 1.29 is 13.6 Å². The van der Waals surface area contributed by atoms with Crippen molar-refractivity contribution in [2.75, 3.05) is 0 Å². The maximum Gasteiger partial charge on any atom is 0.258 e. The minimum atomic E-state index is -1.09. The molecule has 1 aliphatic carbocycles. The molecular formula is C19H25ClF2O. The van der Waals surface area contributed by atoms with E-state index in [4.69, 9.17) is 11.6 Å². The number of rotatable bonds is 6. The van der Waals surface area contributed by atoms with Gasteiger partial charge in [-0.15, -0.1) is 0 Å². The second-order valence-corrected chi connectivity index (χ2v) is 7.30. The Bertz CT molecular complexity index is 527. The molecule has 1 nitrogen and oxygen atoms in total. The van der Waals surface area contributed by atoms with Crippen molar-refractivity contribution in [1.29, 1.82) is 0 Å². The van der Waals surface area contributed by atoms with Gasteiger partial charge in [0.1, 0.15) is 17.2 Å². The first-order chi connectivity index (χ1) is 10.9. The Morgan fingerprint density at radius 3 is 2.26 bits per heavy atom. The monoisotopic (exact) mass is 342 g/mol. The van der Waals surface area contributed by atoms with Crippen LogP contribution < -0.4 is 0 Å². The van der Waals surface area contributed by atoms with E-state index in [-0.39, 0.29) is 0 Å². The average molecular weight is 343 g/mol. The number of hydrogen-bond acceptors (Lipinski definition) is 1. The second-order valence-electron chi connectivity index (χ2n) is 6.96. The summed E-state index contributed by atoms with van der Waals surface area (Å²) in [7, 11) is 0. The summed E-state index contributed by atoms with van der Waals surface area (Å²) in [6.45, 7) is 4.38. The molecule has 4 heteroatoms. The third-order valence-electron chi connectivity index (χ3n) is 5.25. The van der Waals surface area contributed by atoms with Crippen molar-refractivity contribution in [2.24, 2.45) is 17.8 Å². The van der Waals surface area contributed by atoms with E-state index in [0.717, 1.165) is 5.92 Å². The first-order valence-corrected chi connectivity index (χ1v) is 8.97. The summed E-state index contributed by atoms with van der Waals surface area (Å²) in [5.74, 6) is 0.127. The van der Waals surface area contributed by atoms with Crippen LogP contribution in [0.1, 0.15) is 68.3 Å². The number of benzene rings is 1. The van der Waals surface area contributed by atoms with E-state index in [1.54, 1.807) is 0 Å². The van der Waals surface area contributed by atoms with Gasteiger partial charge in [-0.3, -0.25) is 4.79 Å². The molecule has 1 aromatic rings. The highest BCUT2D eigenvalue weighted by Crippen LogP contribution is 2.36. The smallest absolute Gasteiger partial charge is 0.258 e. The van der Waals surface area contributed by atoms with Crippen LogP contribution in [0.3, 0.4) is 0 Å². The van der Waals surface area contributed by atoms with Crippen LogP contribution in [0.4, 0.5) is 8.78 Å². The van der Waals surface area contributed by atoms with Crippen LogP contribution in [-0.4, -0.2) is 5.24 Å². The molecule has 0 heterocycles. The zero-order chi connectivity index (χ0) is 17.0. The normalized spacial score (nSPS) is 22.8. The lowest BCUT2D eigenvalue weighted by molar-refractivity contribution is 0.107. The van der Waals surface area contributed by atoms with Crippen molar-refractivity contribution in [3.8, 4) is 0 Å². The molecule has 0 spiro atoms. The zero-order valence-electron chi connectivity index (χ0n) is 13.9. The van der Waals surface area contributed by atoms with Crippen LogP contribution in [-0.2, 0) is 6.42 Å². The number of carbonyl (C=O) groups is 1. The summed E-state index contributed by atoms with van der Waals surface area (Å²) in [5, 5.41) is -1.09. The minimum absolute atomic E-state index is 0.383. The lowest BCUT2D eigenvalue weighted by Gasteiger charge is -2.32. The van der Waals surface area contributed by atoms with Crippen molar-refractivity contribution in [3.63, 3.8) is 0 Å². The molecule has 1 aromatic carbocycles. The van der Waals surface area contributed by atoms with Crippen LogP contribution in [0.5, 0.6) is 0 Å². The molecule has 0 aliphatic heterocycles. The predicted molar refractivity (Wildman–Crippen MR) is 89.8 cm³/mol. The summed E-state index contributed by atoms with van der Waals surface area (Å²) >= 11 is 5.21. The van der Waals surface area contributed by atoms with E-state index in [9.17, 15) is 13.6 Å². The lowest BCUT2D eigenvalue weighted by Crippen LogP contribution is -2.21. The Hall–Kier alpha value is -0.960. The van der Waals surface area contributed by atoms with Crippen LogP contribution in [0.2, 0.25) is 0 Å². The van der Waals surface area contributed by atoms with E-state index in [1.165, 1.54) is 50.7 Å². The van der Waals surface area contributed by atoms with Crippen molar-refractivity contribution >= 4 is 16.8 Å². The summed E-state index contributed by atoms with van der Waals surface area (Å²) in [6.07, 6.45) is 8.13. The average Bonchev–Trinajstić information content (AvgIpc) is 2.47. The zero-order valence-corrected chi connectivity index (χ0v) is 14.6. The van der Waals surface area contributed by atoms with E-state index in [1.807, 2.05) is 0 Å². The molecule has 0 bridgehead atoms. The Balaban J connectivity index is 1.98. The topological polar surface area (TPSA) is 17.1 Å². The largest absolute Gasteiger partial charge is 0.275 e. The molecule has 0 saturated heterocycles. The number of hydrogen-bond donors (Lipinski definition) is 0. The maximum absolute atomic E-state index is 13.8. The van der Waals surface area contributed by atoms with Gasteiger partial charge in [0.25, 0.3) is 5.24 Å². The molecule has 0 radical (unpaired) electrons. The molecule has 0 amide bonds. The molecule has 128 valence electrons. The molecule has 0 N–H and O–H groups in total. The van der Waals surface area contributed by atoms with Gasteiger partial charge >= 0.3 is 0 Å². The van der Waals surface area contributed by atoms with E-state index < -0.39 is 22.4 Å². The van der Waals surface area contributed by atoms with Crippen LogP contribution in [0, 0.1) is 29.4 Å². The van der Waals surface area contributed by atoms with Crippen molar-refractivity contribution in [3.05, 3.63) is 34.9 Å². The molecule has 1 atom stereocenters. The third-order valence-corrected chi connectivity index (χ3v) is 5.44. The van der Waals surface area contributed by atoms with Crippen LogP contribution >= 0.6 is 11.6 Å². The van der Waals surface area contributed by atoms with Crippen LogP contribution in [0.15, 0.2) is 12.1 Å². The summed E-state index contributed by atoms with van der Waals surface area (Å²) < 4.78 is 27.7. The Kier molecular flexibility index (Phi) is 6.58. The SMILES string of the molecule is CCCC1CCC(C(C)Cc2cc(F)c(C(=O)Cl)c(F)c2)CC1. The minimum Gasteiger partial charge on any atom is -0.275 e. The van der Waals surface area contributed by atoms with Gasteiger partial charge in [-0.05, 0) is 66.3 Å². The fourth-order valence-corrected chi connectivity index (χ4v) is 4.10. The third kappa shape index (κ3) is 4.76. The Labute approximate surface area is 142 Å². The number of halogens is 3. The van der Waals surface area contributed by atoms with Gasteiger partial charge in [-0.1, -0.05) is 39.5 Å². The molecule has 1 aliphatic rings. The van der Waals surface area contributed by atoms with E-state index in [0.29, 0.717) is 23.8 Å². The van der Waals surface area contributed by atoms with Crippen molar-refractivity contribution in [1.82, 2.24) is 0 Å². The summed E-state index contributed by atoms with van der Waals surface area (Å²) in [4.78, 5) is 11.0. The van der Waals surface area contributed by atoms with Gasteiger partial charge in [-0.2, -0.15) is 0 Å². The van der Waals surface area contributed by atoms with Gasteiger partial charge in [-0.25, -0.2) is 8.78 Å². The fourth-order valence-electron chi connectivity index (χ4n) is 3.92. The van der Waals surface area contributed by atoms with Gasteiger partial charge in [0, 0.05) is 0 Å². The molecule has 2 rings (SSSR count). The van der Waals surface area contributed by atoms with Gasteiger partial charge in [0.2, 0.25) is 0 Å². The summed E-state index contributed by atoms with van der Waals surface area (Å²) in [6, 6.07) is 2.50. The second kappa shape index (κ2) is 8.23. The molecule has 23 heavy (non-hydrogen) atoms. The fraction of sp³-hybridized carbons (Fsp3) is 0.632. The van der Waals surface area contributed by atoms with Gasteiger partial charge in [0.15, 0.2) is 0 Å². The first kappa shape index (κ1) is 18.4. The highest BCUT2D eigenvalue weighted by atomic mass is 35.5. The predicted octanol–water partition coefficient (Wildman–Crippen LogP) is 6.13. The van der Waals surface area contributed by atoms with Gasteiger partial charge < -0.3 is 0 Å². The van der Waals surface area contributed by atoms with Crippen molar-refractivity contribution in [2.45, 2.75) is 58.8 Å².